The molecular weight excluding hydrogens is 424 g/mol. The topological polar surface area (TPSA) is 49.4 Å². The van der Waals surface area contributed by atoms with E-state index in [1.807, 2.05) is 46.7 Å². The smallest absolute Gasteiger partial charge is 0.223 e. The molecule has 1 aliphatic heterocycles. The lowest BCUT2D eigenvalue weighted by molar-refractivity contribution is -0.134. The maximum atomic E-state index is 12.6. The Kier molecular flexibility index (Phi) is 6.33. The summed E-state index contributed by atoms with van der Waals surface area (Å²) >= 11 is 9.35. The van der Waals surface area contributed by atoms with Gasteiger partial charge in [0.2, 0.25) is 11.8 Å². The van der Waals surface area contributed by atoms with E-state index in [-0.39, 0.29) is 30.7 Å². The monoisotopic (exact) mass is 444 g/mol. The number of nitrogens with one attached hydrogen (secondary N) is 1. The first-order chi connectivity index (χ1) is 14.1. The number of hydrogen-bond acceptors (Lipinski definition) is 4. The first kappa shape index (κ1) is 20.1. The van der Waals surface area contributed by atoms with E-state index in [4.69, 9.17) is 11.6 Å². The molecule has 0 fully saturated rings. The van der Waals surface area contributed by atoms with Gasteiger partial charge in [0.1, 0.15) is 0 Å². The maximum absolute atomic E-state index is 12.6. The number of benzene rings is 1. The van der Waals surface area contributed by atoms with Gasteiger partial charge < -0.3 is 10.2 Å². The molecule has 3 heterocycles. The second-order valence-corrected chi connectivity index (χ2v) is 9.42. The zero-order valence-corrected chi connectivity index (χ0v) is 18.2. The van der Waals surface area contributed by atoms with Crippen LogP contribution in [0.2, 0.25) is 5.02 Å². The third-order valence-corrected chi connectivity index (χ3v) is 7.27. The Hall–Kier alpha value is -2.15. The molecule has 0 saturated heterocycles. The van der Waals surface area contributed by atoms with Crippen molar-refractivity contribution in [2.45, 2.75) is 31.8 Å². The zero-order chi connectivity index (χ0) is 20.2. The Morgan fingerprint density at radius 3 is 2.66 bits per heavy atom. The summed E-state index contributed by atoms with van der Waals surface area (Å²) in [5, 5.41) is 7.81. The van der Waals surface area contributed by atoms with E-state index in [2.05, 4.69) is 16.8 Å². The van der Waals surface area contributed by atoms with E-state index in [0.29, 0.717) is 11.6 Å². The third kappa shape index (κ3) is 4.89. The molecule has 4 rings (SSSR count). The summed E-state index contributed by atoms with van der Waals surface area (Å²) in [6.45, 7) is 1.39. The van der Waals surface area contributed by atoms with Gasteiger partial charge in [0.25, 0.3) is 0 Å². The van der Waals surface area contributed by atoms with Gasteiger partial charge in [-0.25, -0.2) is 0 Å². The molecular formula is C22H21ClN2O2S2. The highest BCUT2D eigenvalue weighted by molar-refractivity contribution is 7.10. The molecule has 150 valence electrons. The van der Waals surface area contributed by atoms with Crippen molar-refractivity contribution in [3.63, 3.8) is 0 Å². The van der Waals surface area contributed by atoms with Gasteiger partial charge in [0.05, 0.1) is 6.04 Å². The number of carbonyl (C=O) groups excluding carboxylic acids is 2. The minimum absolute atomic E-state index is 0.0381. The van der Waals surface area contributed by atoms with Crippen LogP contribution in [0.1, 0.15) is 39.8 Å². The number of carbonyl (C=O) groups is 2. The predicted molar refractivity (Wildman–Crippen MR) is 118 cm³/mol. The molecule has 7 heteroatoms. The number of halogens is 1. The lowest BCUT2D eigenvalue weighted by atomic mass is 10.0. The first-order valence-corrected chi connectivity index (χ1v) is 11.6. The Balaban J connectivity index is 1.36. The van der Waals surface area contributed by atoms with Gasteiger partial charge in [0, 0.05) is 40.7 Å². The summed E-state index contributed by atoms with van der Waals surface area (Å²) in [6.07, 6.45) is 1.31. The molecule has 29 heavy (non-hydrogen) atoms. The fraction of sp³-hybridized carbons (Fsp3) is 0.273. The Bertz CT molecular complexity index is 983. The van der Waals surface area contributed by atoms with Gasteiger partial charge in [-0.15, -0.1) is 22.7 Å². The van der Waals surface area contributed by atoms with Crippen LogP contribution in [-0.4, -0.2) is 23.3 Å². The van der Waals surface area contributed by atoms with Crippen LogP contribution >= 0.6 is 34.3 Å². The molecule has 0 saturated carbocycles. The van der Waals surface area contributed by atoms with Crippen molar-refractivity contribution in [3.05, 3.63) is 79.1 Å². The van der Waals surface area contributed by atoms with Gasteiger partial charge in [0.15, 0.2) is 0 Å². The first-order valence-electron chi connectivity index (χ1n) is 9.51. The normalized spacial score (nSPS) is 14.3. The molecule has 1 aromatic carbocycles. The molecule has 0 spiro atoms. The largest absolute Gasteiger partial charge is 0.344 e. The molecule has 1 N–H and O–H groups in total. The molecule has 1 atom stereocenters. The number of thiophene rings is 2. The van der Waals surface area contributed by atoms with Crippen molar-refractivity contribution in [2.24, 2.45) is 0 Å². The van der Waals surface area contributed by atoms with Crippen molar-refractivity contribution in [1.82, 2.24) is 10.2 Å². The minimum atomic E-state index is -0.238. The lowest BCUT2D eigenvalue weighted by Gasteiger charge is -2.27. The molecule has 4 nitrogen and oxygen atoms in total. The number of nitrogens with zero attached hydrogens (tertiary/aromatic N) is 1. The standard InChI is InChI=1S/C22H21ClN2O2S2/c23-17-5-3-15(4-6-17)22(19-2-1-12-28-19)24-20(26)7-8-21(27)25-11-9-18-16(14-25)10-13-29-18/h1-6,10,12-13,22H,7-9,11,14H2,(H,24,26). The van der Waals surface area contributed by atoms with Crippen LogP contribution in [0.5, 0.6) is 0 Å². The van der Waals surface area contributed by atoms with Crippen LogP contribution in [0.3, 0.4) is 0 Å². The minimum Gasteiger partial charge on any atom is -0.344 e. The fourth-order valence-corrected chi connectivity index (χ4v) is 5.32. The molecule has 0 bridgehead atoms. The molecule has 2 aromatic heterocycles. The molecule has 0 radical (unpaired) electrons. The van der Waals surface area contributed by atoms with Gasteiger partial charge in [-0.1, -0.05) is 29.8 Å². The van der Waals surface area contributed by atoms with E-state index in [0.717, 1.165) is 23.4 Å². The Labute approximate surface area is 183 Å². The van der Waals surface area contributed by atoms with Crippen molar-refractivity contribution in [2.75, 3.05) is 6.54 Å². The van der Waals surface area contributed by atoms with Crippen molar-refractivity contribution in [1.29, 1.82) is 0 Å². The van der Waals surface area contributed by atoms with Gasteiger partial charge in [-0.2, -0.15) is 0 Å². The van der Waals surface area contributed by atoms with Gasteiger partial charge in [-0.05, 0) is 52.6 Å². The van der Waals surface area contributed by atoms with E-state index >= 15 is 0 Å². The van der Waals surface area contributed by atoms with Crippen LogP contribution < -0.4 is 5.32 Å². The summed E-state index contributed by atoms with van der Waals surface area (Å²) in [5.74, 6) is -0.0869. The van der Waals surface area contributed by atoms with Crippen LogP contribution in [-0.2, 0) is 22.6 Å². The predicted octanol–water partition coefficient (Wildman–Crippen LogP) is 5.03. The second kappa shape index (κ2) is 9.11. The number of amides is 2. The van der Waals surface area contributed by atoms with Crippen LogP contribution in [0, 0.1) is 0 Å². The quantitative estimate of drug-likeness (QED) is 0.579. The lowest BCUT2D eigenvalue weighted by Crippen LogP contribution is -2.36. The highest BCUT2D eigenvalue weighted by atomic mass is 35.5. The maximum Gasteiger partial charge on any atom is 0.223 e. The average Bonchev–Trinajstić information content (AvgIpc) is 3.42. The number of rotatable bonds is 6. The molecule has 2 amide bonds. The average molecular weight is 445 g/mol. The summed E-state index contributed by atoms with van der Waals surface area (Å²) in [4.78, 5) is 29.5. The van der Waals surface area contributed by atoms with E-state index < -0.39 is 0 Å². The summed E-state index contributed by atoms with van der Waals surface area (Å²) in [5.41, 5.74) is 2.21. The third-order valence-electron chi connectivity index (χ3n) is 5.06. The highest BCUT2D eigenvalue weighted by Crippen LogP contribution is 2.28. The van der Waals surface area contributed by atoms with Crippen LogP contribution in [0.25, 0.3) is 0 Å². The fourth-order valence-electron chi connectivity index (χ4n) is 3.50. The van der Waals surface area contributed by atoms with Crippen molar-refractivity contribution >= 4 is 46.1 Å². The molecule has 3 aromatic rings. The van der Waals surface area contributed by atoms with Crippen molar-refractivity contribution in [3.8, 4) is 0 Å². The van der Waals surface area contributed by atoms with Crippen LogP contribution in [0.4, 0.5) is 0 Å². The zero-order valence-electron chi connectivity index (χ0n) is 15.8. The van der Waals surface area contributed by atoms with E-state index in [9.17, 15) is 9.59 Å². The SMILES string of the molecule is O=C(CCC(=O)N1CCc2sccc2C1)NC(c1ccc(Cl)cc1)c1cccs1. The summed E-state index contributed by atoms with van der Waals surface area (Å²) < 4.78 is 0. The molecule has 0 aliphatic carbocycles. The van der Waals surface area contributed by atoms with Gasteiger partial charge >= 0.3 is 0 Å². The summed E-state index contributed by atoms with van der Waals surface area (Å²) in [7, 11) is 0. The van der Waals surface area contributed by atoms with Crippen molar-refractivity contribution < 1.29 is 9.59 Å². The molecule has 1 unspecified atom stereocenters. The van der Waals surface area contributed by atoms with Crippen LogP contribution in [0.15, 0.2) is 53.2 Å². The number of hydrogen-bond donors (Lipinski definition) is 1. The second-order valence-electron chi connectivity index (χ2n) is 7.00. The molecule has 1 aliphatic rings. The number of fused-ring (bicyclic) bond motifs is 1. The van der Waals surface area contributed by atoms with E-state index in [1.165, 1.54) is 10.4 Å². The summed E-state index contributed by atoms with van der Waals surface area (Å²) in [6, 6.07) is 13.3. The van der Waals surface area contributed by atoms with E-state index in [1.54, 1.807) is 22.7 Å². The highest BCUT2D eigenvalue weighted by Gasteiger charge is 2.23. The Morgan fingerprint density at radius 1 is 1.07 bits per heavy atom. The Morgan fingerprint density at radius 2 is 1.90 bits per heavy atom. The van der Waals surface area contributed by atoms with Gasteiger partial charge in [-0.3, -0.25) is 9.59 Å².